The van der Waals surface area contributed by atoms with Gasteiger partial charge in [0.05, 0.1) is 10.7 Å². The Kier molecular flexibility index (Phi) is 2.84. The van der Waals surface area contributed by atoms with Crippen molar-refractivity contribution in [2.75, 3.05) is 0 Å². The molecule has 0 saturated heterocycles. The van der Waals surface area contributed by atoms with Gasteiger partial charge in [-0.3, -0.25) is 0 Å². The molecule has 0 aliphatic heterocycles. The van der Waals surface area contributed by atoms with Gasteiger partial charge in [-0.15, -0.1) is 0 Å². The van der Waals surface area contributed by atoms with E-state index in [1.54, 1.807) is 6.92 Å². The van der Waals surface area contributed by atoms with Crippen molar-refractivity contribution in [1.82, 2.24) is 4.98 Å². The van der Waals surface area contributed by atoms with Crippen molar-refractivity contribution in [3.8, 4) is 0 Å². The SMILES string of the molecule is C=C(N)c1c(Cl)nc(C)c(Cl)c1C. The molecule has 0 atom stereocenters. The van der Waals surface area contributed by atoms with Gasteiger partial charge in [-0.25, -0.2) is 4.98 Å². The molecule has 1 aromatic heterocycles. The van der Waals surface area contributed by atoms with Gasteiger partial charge in [0.25, 0.3) is 0 Å². The fourth-order valence-electron chi connectivity index (χ4n) is 1.16. The predicted octanol–water partition coefficient (Wildman–Crippen LogP) is 2.93. The Hall–Kier alpha value is -0.730. The molecule has 0 bridgehead atoms. The van der Waals surface area contributed by atoms with Crippen molar-refractivity contribution in [2.24, 2.45) is 5.73 Å². The summed E-state index contributed by atoms with van der Waals surface area (Å²) < 4.78 is 0. The van der Waals surface area contributed by atoms with Crippen LogP contribution in [0.4, 0.5) is 0 Å². The second kappa shape index (κ2) is 3.56. The fraction of sp³-hybridized carbons (Fsp3) is 0.222. The fourth-order valence-corrected chi connectivity index (χ4v) is 1.69. The third-order valence-electron chi connectivity index (χ3n) is 1.82. The molecule has 70 valence electrons. The number of aromatic nitrogens is 1. The first-order valence-electron chi connectivity index (χ1n) is 3.72. The predicted molar refractivity (Wildman–Crippen MR) is 57.0 cm³/mol. The van der Waals surface area contributed by atoms with Gasteiger partial charge in [-0.1, -0.05) is 29.8 Å². The Balaban J connectivity index is 3.53. The molecule has 2 N–H and O–H groups in total. The summed E-state index contributed by atoms with van der Waals surface area (Å²) in [5.74, 6) is 0. The number of hydrogen-bond acceptors (Lipinski definition) is 2. The van der Waals surface area contributed by atoms with Crippen LogP contribution in [0.3, 0.4) is 0 Å². The molecule has 0 saturated carbocycles. The molecule has 13 heavy (non-hydrogen) atoms. The van der Waals surface area contributed by atoms with Crippen molar-refractivity contribution in [2.45, 2.75) is 13.8 Å². The lowest BCUT2D eigenvalue weighted by Crippen LogP contribution is -2.02. The van der Waals surface area contributed by atoms with E-state index in [1.165, 1.54) is 0 Å². The smallest absolute Gasteiger partial charge is 0.138 e. The van der Waals surface area contributed by atoms with Crippen LogP contribution in [0.1, 0.15) is 16.8 Å². The second-order valence-corrected chi connectivity index (χ2v) is 3.56. The van der Waals surface area contributed by atoms with Crippen molar-refractivity contribution in [3.05, 3.63) is 33.6 Å². The maximum Gasteiger partial charge on any atom is 0.138 e. The highest BCUT2D eigenvalue weighted by Crippen LogP contribution is 2.29. The monoisotopic (exact) mass is 216 g/mol. The molecule has 1 rings (SSSR count). The number of nitrogens with two attached hydrogens (primary N) is 1. The number of rotatable bonds is 1. The van der Waals surface area contributed by atoms with Gasteiger partial charge in [0.1, 0.15) is 5.15 Å². The normalized spacial score (nSPS) is 10.2. The maximum atomic E-state index is 5.98. The van der Waals surface area contributed by atoms with E-state index in [0.29, 0.717) is 27.1 Å². The molecule has 0 aromatic carbocycles. The highest BCUT2D eigenvalue weighted by Gasteiger charge is 2.12. The van der Waals surface area contributed by atoms with Crippen LogP contribution in [-0.4, -0.2) is 4.98 Å². The zero-order valence-corrected chi connectivity index (χ0v) is 9.00. The number of pyridine rings is 1. The quantitative estimate of drug-likeness (QED) is 0.734. The summed E-state index contributed by atoms with van der Waals surface area (Å²) in [5, 5.41) is 0.943. The summed E-state index contributed by atoms with van der Waals surface area (Å²) in [6.07, 6.45) is 0. The average molecular weight is 217 g/mol. The summed E-state index contributed by atoms with van der Waals surface area (Å²) in [6.45, 7) is 7.25. The van der Waals surface area contributed by atoms with Gasteiger partial charge in [-0.2, -0.15) is 0 Å². The topological polar surface area (TPSA) is 38.9 Å². The van der Waals surface area contributed by atoms with Crippen molar-refractivity contribution in [1.29, 1.82) is 0 Å². The molecule has 0 unspecified atom stereocenters. The number of nitrogens with zero attached hydrogens (tertiary/aromatic N) is 1. The molecule has 0 fully saturated rings. The van der Waals surface area contributed by atoms with Crippen LogP contribution in [-0.2, 0) is 0 Å². The molecule has 2 nitrogen and oxygen atoms in total. The Morgan fingerprint density at radius 2 is 1.92 bits per heavy atom. The van der Waals surface area contributed by atoms with E-state index < -0.39 is 0 Å². The van der Waals surface area contributed by atoms with Crippen LogP contribution in [0.2, 0.25) is 10.2 Å². The Bertz CT molecular complexity index is 372. The standard InChI is InChI=1S/C9H10Cl2N2/c1-4-7(5(2)12)9(11)13-6(3)8(4)10/h2,12H2,1,3H3. The van der Waals surface area contributed by atoms with Gasteiger partial charge in [0.15, 0.2) is 0 Å². The van der Waals surface area contributed by atoms with Crippen molar-refractivity contribution in [3.63, 3.8) is 0 Å². The van der Waals surface area contributed by atoms with E-state index >= 15 is 0 Å². The Morgan fingerprint density at radius 3 is 2.38 bits per heavy atom. The van der Waals surface area contributed by atoms with Crippen LogP contribution in [0.25, 0.3) is 5.70 Å². The molecular formula is C9H10Cl2N2. The van der Waals surface area contributed by atoms with Gasteiger partial charge in [0.2, 0.25) is 0 Å². The highest BCUT2D eigenvalue weighted by atomic mass is 35.5. The molecule has 1 heterocycles. The largest absolute Gasteiger partial charge is 0.399 e. The van der Waals surface area contributed by atoms with Crippen LogP contribution < -0.4 is 5.73 Å². The lowest BCUT2D eigenvalue weighted by atomic mass is 10.1. The summed E-state index contributed by atoms with van der Waals surface area (Å²) >= 11 is 11.9. The molecule has 0 aliphatic carbocycles. The number of aryl methyl sites for hydroxylation is 1. The van der Waals surface area contributed by atoms with E-state index in [9.17, 15) is 0 Å². The van der Waals surface area contributed by atoms with E-state index in [4.69, 9.17) is 28.9 Å². The van der Waals surface area contributed by atoms with E-state index in [-0.39, 0.29) is 0 Å². The molecule has 0 spiro atoms. The lowest BCUT2D eigenvalue weighted by Gasteiger charge is -2.10. The minimum absolute atomic E-state index is 0.354. The minimum atomic E-state index is 0.354. The van der Waals surface area contributed by atoms with Crippen LogP contribution in [0.15, 0.2) is 6.58 Å². The molecular weight excluding hydrogens is 207 g/mol. The number of halogens is 2. The van der Waals surface area contributed by atoms with Gasteiger partial charge in [0, 0.05) is 11.3 Å². The van der Waals surface area contributed by atoms with E-state index in [2.05, 4.69) is 11.6 Å². The molecule has 0 aliphatic rings. The molecule has 0 amide bonds. The van der Waals surface area contributed by atoms with Gasteiger partial charge >= 0.3 is 0 Å². The van der Waals surface area contributed by atoms with E-state index in [1.807, 2.05) is 6.92 Å². The zero-order chi connectivity index (χ0) is 10.2. The lowest BCUT2D eigenvalue weighted by molar-refractivity contribution is 1.16. The molecule has 1 aromatic rings. The van der Waals surface area contributed by atoms with Crippen molar-refractivity contribution >= 4 is 28.9 Å². The van der Waals surface area contributed by atoms with E-state index in [0.717, 1.165) is 5.56 Å². The van der Waals surface area contributed by atoms with Crippen molar-refractivity contribution < 1.29 is 0 Å². The maximum absolute atomic E-state index is 5.98. The second-order valence-electron chi connectivity index (χ2n) is 2.83. The first-order valence-corrected chi connectivity index (χ1v) is 4.47. The number of hydrogen-bond donors (Lipinski definition) is 1. The summed E-state index contributed by atoms with van der Waals surface area (Å²) in [7, 11) is 0. The van der Waals surface area contributed by atoms with Crippen LogP contribution >= 0.6 is 23.2 Å². The average Bonchev–Trinajstić information content (AvgIpc) is 1.99. The first-order chi connectivity index (χ1) is 5.95. The first kappa shape index (κ1) is 10.4. The highest BCUT2D eigenvalue weighted by molar-refractivity contribution is 6.34. The summed E-state index contributed by atoms with van der Waals surface area (Å²) in [4.78, 5) is 4.05. The summed E-state index contributed by atoms with van der Waals surface area (Å²) in [6, 6.07) is 0. The third-order valence-corrected chi connectivity index (χ3v) is 2.65. The Morgan fingerprint density at radius 1 is 1.38 bits per heavy atom. The van der Waals surface area contributed by atoms with Gasteiger partial charge in [-0.05, 0) is 19.4 Å². The van der Waals surface area contributed by atoms with Crippen LogP contribution in [0, 0.1) is 13.8 Å². The Labute approximate surface area is 87.4 Å². The van der Waals surface area contributed by atoms with Crippen LogP contribution in [0.5, 0.6) is 0 Å². The molecule has 0 radical (unpaired) electrons. The third kappa shape index (κ3) is 1.79. The van der Waals surface area contributed by atoms with Gasteiger partial charge < -0.3 is 5.73 Å². The minimum Gasteiger partial charge on any atom is -0.399 e. The molecule has 4 heteroatoms. The zero-order valence-electron chi connectivity index (χ0n) is 7.49. The summed E-state index contributed by atoms with van der Waals surface area (Å²) in [5.41, 5.74) is 8.11.